The molecule has 0 radical (unpaired) electrons. The summed E-state index contributed by atoms with van der Waals surface area (Å²) < 4.78 is 1.27. The summed E-state index contributed by atoms with van der Waals surface area (Å²) in [7, 11) is 0. The molecule has 7 nitrogen and oxygen atoms in total. The summed E-state index contributed by atoms with van der Waals surface area (Å²) in [6, 6.07) is 19.7. The molecule has 160 valence electrons. The Morgan fingerprint density at radius 1 is 1.06 bits per heavy atom. The Morgan fingerprint density at radius 2 is 1.81 bits per heavy atom. The van der Waals surface area contributed by atoms with Crippen molar-refractivity contribution in [3.63, 3.8) is 0 Å². The van der Waals surface area contributed by atoms with Gasteiger partial charge in [0.25, 0.3) is 11.5 Å². The molecule has 0 aliphatic rings. The predicted molar refractivity (Wildman–Crippen MR) is 120 cm³/mol. The molecule has 0 fully saturated rings. The van der Waals surface area contributed by atoms with E-state index in [0.717, 1.165) is 11.1 Å². The molecular weight excluding hydrogens is 392 g/mol. The van der Waals surface area contributed by atoms with E-state index in [4.69, 9.17) is 0 Å². The summed E-state index contributed by atoms with van der Waals surface area (Å²) in [5.41, 5.74) is 2.48. The average molecular weight is 418 g/mol. The van der Waals surface area contributed by atoms with Crippen LogP contribution in [0.3, 0.4) is 0 Å². The van der Waals surface area contributed by atoms with Gasteiger partial charge in [-0.3, -0.25) is 14.4 Å². The zero-order chi connectivity index (χ0) is 22.4. The van der Waals surface area contributed by atoms with Crippen LogP contribution in [-0.2, 0) is 17.9 Å². The summed E-state index contributed by atoms with van der Waals surface area (Å²) in [6.07, 6.45) is 0. The fraction of sp³-hybridized carbons (Fsp3) is 0.250. The molecule has 31 heavy (non-hydrogen) atoms. The quantitative estimate of drug-likeness (QED) is 0.635. The smallest absolute Gasteiger partial charge is 0.275 e. The van der Waals surface area contributed by atoms with Gasteiger partial charge >= 0.3 is 0 Å². The topological polar surface area (TPSA) is 84.3 Å². The zero-order valence-corrected chi connectivity index (χ0v) is 17.9. The lowest BCUT2D eigenvalue weighted by molar-refractivity contribution is -0.114. The SMILES string of the molecule is CCn1nc(C(=O)N(Cc2ccccc2)C(C)c2cccc(NC(C)=O)c2)ccc1=O. The summed E-state index contributed by atoms with van der Waals surface area (Å²) in [6.45, 7) is 5.95. The first-order valence-electron chi connectivity index (χ1n) is 10.2. The number of hydrogen-bond acceptors (Lipinski definition) is 4. The zero-order valence-electron chi connectivity index (χ0n) is 17.9. The molecule has 3 rings (SSSR count). The first-order chi connectivity index (χ1) is 14.9. The minimum absolute atomic E-state index is 0.159. The molecule has 0 bridgehead atoms. The monoisotopic (exact) mass is 418 g/mol. The Hall–Kier alpha value is -3.74. The van der Waals surface area contributed by atoms with Crippen molar-refractivity contribution in [3.05, 3.63) is 93.9 Å². The van der Waals surface area contributed by atoms with E-state index < -0.39 is 0 Å². The summed E-state index contributed by atoms with van der Waals surface area (Å²) in [4.78, 5) is 38.5. The summed E-state index contributed by atoms with van der Waals surface area (Å²) in [5.74, 6) is -0.434. The molecule has 0 aliphatic carbocycles. The van der Waals surface area contributed by atoms with E-state index in [-0.39, 0.29) is 29.1 Å². The Labute approximate surface area is 181 Å². The van der Waals surface area contributed by atoms with Crippen LogP contribution < -0.4 is 10.9 Å². The van der Waals surface area contributed by atoms with Gasteiger partial charge in [-0.15, -0.1) is 0 Å². The van der Waals surface area contributed by atoms with E-state index in [1.807, 2.05) is 55.5 Å². The highest BCUT2D eigenvalue weighted by molar-refractivity contribution is 5.92. The van der Waals surface area contributed by atoms with E-state index >= 15 is 0 Å². The molecule has 0 saturated carbocycles. The van der Waals surface area contributed by atoms with Crippen molar-refractivity contribution in [1.82, 2.24) is 14.7 Å². The molecule has 2 amide bonds. The fourth-order valence-corrected chi connectivity index (χ4v) is 3.36. The second-order valence-corrected chi connectivity index (χ2v) is 7.27. The van der Waals surface area contributed by atoms with Crippen LogP contribution in [0, 0.1) is 0 Å². The van der Waals surface area contributed by atoms with E-state index in [2.05, 4.69) is 10.4 Å². The average Bonchev–Trinajstić information content (AvgIpc) is 2.77. The Morgan fingerprint density at radius 3 is 2.48 bits per heavy atom. The van der Waals surface area contributed by atoms with Crippen molar-refractivity contribution >= 4 is 17.5 Å². The standard InChI is InChI=1S/C24H26N4O3/c1-4-28-23(30)14-13-22(26-28)24(31)27(16-19-9-6-5-7-10-19)17(2)20-11-8-12-21(15-20)25-18(3)29/h5-15,17H,4,16H2,1-3H3,(H,25,29). The number of nitrogens with zero attached hydrogens (tertiary/aromatic N) is 3. The maximum atomic E-state index is 13.5. The number of rotatable bonds is 7. The number of aromatic nitrogens is 2. The van der Waals surface area contributed by atoms with Crippen LogP contribution in [0.1, 0.15) is 48.4 Å². The highest BCUT2D eigenvalue weighted by Crippen LogP contribution is 2.26. The number of carbonyl (C=O) groups is 2. The lowest BCUT2D eigenvalue weighted by atomic mass is 10.0. The van der Waals surface area contributed by atoms with Crippen molar-refractivity contribution in [3.8, 4) is 0 Å². The molecule has 1 heterocycles. The number of anilines is 1. The lowest BCUT2D eigenvalue weighted by Crippen LogP contribution is -2.35. The number of aryl methyl sites for hydroxylation is 1. The van der Waals surface area contributed by atoms with Gasteiger partial charge in [0.1, 0.15) is 5.69 Å². The molecule has 0 aliphatic heterocycles. The summed E-state index contributed by atoms with van der Waals surface area (Å²) >= 11 is 0. The van der Waals surface area contributed by atoms with Crippen LogP contribution in [0.15, 0.2) is 71.5 Å². The van der Waals surface area contributed by atoms with Crippen LogP contribution in [0.5, 0.6) is 0 Å². The van der Waals surface area contributed by atoms with E-state index in [1.54, 1.807) is 17.9 Å². The molecule has 3 aromatic rings. The largest absolute Gasteiger partial charge is 0.326 e. The predicted octanol–water partition coefficient (Wildman–Crippen LogP) is 3.63. The highest BCUT2D eigenvalue weighted by atomic mass is 16.2. The molecular formula is C24H26N4O3. The van der Waals surface area contributed by atoms with Crippen LogP contribution in [0.4, 0.5) is 5.69 Å². The number of nitrogens with one attached hydrogen (secondary N) is 1. The number of carbonyl (C=O) groups excluding carboxylic acids is 2. The van der Waals surface area contributed by atoms with Gasteiger partial charge in [-0.2, -0.15) is 5.10 Å². The molecule has 2 aromatic carbocycles. The highest BCUT2D eigenvalue weighted by Gasteiger charge is 2.25. The van der Waals surface area contributed by atoms with Crippen LogP contribution in [0.2, 0.25) is 0 Å². The number of amides is 2. The third kappa shape index (κ3) is 5.45. The van der Waals surface area contributed by atoms with Crippen molar-refractivity contribution < 1.29 is 9.59 Å². The van der Waals surface area contributed by atoms with Crippen LogP contribution in [0.25, 0.3) is 0 Å². The van der Waals surface area contributed by atoms with Crippen LogP contribution >= 0.6 is 0 Å². The molecule has 0 saturated heterocycles. The maximum absolute atomic E-state index is 13.5. The molecule has 0 spiro atoms. The molecule has 1 atom stereocenters. The third-order valence-corrected chi connectivity index (χ3v) is 5.00. The van der Waals surface area contributed by atoms with Gasteiger partial charge in [-0.1, -0.05) is 42.5 Å². The minimum atomic E-state index is -0.301. The molecule has 1 aromatic heterocycles. The third-order valence-electron chi connectivity index (χ3n) is 5.00. The van der Waals surface area contributed by atoms with E-state index in [0.29, 0.717) is 18.8 Å². The van der Waals surface area contributed by atoms with Gasteiger partial charge in [-0.25, -0.2) is 4.68 Å². The van der Waals surface area contributed by atoms with Gasteiger partial charge in [0, 0.05) is 31.8 Å². The lowest BCUT2D eigenvalue weighted by Gasteiger charge is -2.30. The second kappa shape index (κ2) is 9.84. The van der Waals surface area contributed by atoms with Crippen LogP contribution in [-0.4, -0.2) is 26.5 Å². The van der Waals surface area contributed by atoms with Crippen molar-refractivity contribution in [1.29, 1.82) is 0 Å². The van der Waals surface area contributed by atoms with Gasteiger partial charge in [0.15, 0.2) is 0 Å². The fourth-order valence-electron chi connectivity index (χ4n) is 3.36. The van der Waals surface area contributed by atoms with Crippen molar-refractivity contribution in [2.75, 3.05) is 5.32 Å². The molecule has 1 unspecified atom stereocenters. The summed E-state index contributed by atoms with van der Waals surface area (Å²) in [5, 5.41) is 7.02. The van der Waals surface area contributed by atoms with Gasteiger partial charge in [0.05, 0.1) is 6.04 Å². The maximum Gasteiger partial charge on any atom is 0.275 e. The van der Waals surface area contributed by atoms with Crippen molar-refractivity contribution in [2.24, 2.45) is 0 Å². The Balaban J connectivity index is 1.99. The normalized spacial score (nSPS) is 11.6. The Kier molecular flexibility index (Phi) is 6.97. The second-order valence-electron chi connectivity index (χ2n) is 7.27. The first kappa shape index (κ1) is 22.0. The Bertz CT molecular complexity index is 1120. The van der Waals surface area contributed by atoms with Crippen molar-refractivity contribution in [2.45, 2.75) is 39.9 Å². The van der Waals surface area contributed by atoms with E-state index in [1.165, 1.54) is 23.7 Å². The number of benzene rings is 2. The number of hydrogen-bond donors (Lipinski definition) is 1. The van der Waals surface area contributed by atoms with E-state index in [9.17, 15) is 14.4 Å². The van der Waals surface area contributed by atoms with Gasteiger partial charge in [-0.05, 0) is 43.2 Å². The molecule has 7 heteroatoms. The molecule has 1 N–H and O–H groups in total. The minimum Gasteiger partial charge on any atom is -0.326 e. The van der Waals surface area contributed by atoms with Gasteiger partial charge < -0.3 is 10.2 Å². The first-order valence-corrected chi connectivity index (χ1v) is 10.2. The van der Waals surface area contributed by atoms with Gasteiger partial charge in [0.2, 0.25) is 5.91 Å².